The first-order chi connectivity index (χ1) is 18.5. The Bertz CT molecular complexity index is 1380. The molecule has 0 aliphatic heterocycles. The number of hydrogen-bond donors (Lipinski definition) is 3. The van der Waals surface area contributed by atoms with Gasteiger partial charge in [-0.1, -0.05) is 42.5 Å². The molecule has 2 aromatic heterocycles. The SMILES string of the molecule is CN(C)CCNC(=O)NC[C@H]1C[C@@H](n2cc(-c3cccc(OCc4ccccc4)c3)c3c(N)ncnc32)C1. The van der Waals surface area contributed by atoms with Gasteiger partial charge in [0.25, 0.3) is 0 Å². The van der Waals surface area contributed by atoms with Crippen molar-refractivity contribution in [1.82, 2.24) is 30.1 Å². The minimum atomic E-state index is -0.112. The number of carbonyl (C=O) groups is 1. The van der Waals surface area contributed by atoms with Crippen LogP contribution in [0.15, 0.2) is 67.1 Å². The average Bonchev–Trinajstić information content (AvgIpc) is 3.28. The molecule has 0 atom stereocenters. The molecule has 0 bridgehead atoms. The van der Waals surface area contributed by atoms with Gasteiger partial charge < -0.3 is 30.6 Å². The Morgan fingerprint density at radius 2 is 1.92 bits per heavy atom. The molecule has 0 saturated heterocycles. The van der Waals surface area contributed by atoms with Crippen LogP contribution in [-0.2, 0) is 6.61 Å². The molecular formula is C29H35N7O2. The van der Waals surface area contributed by atoms with Crippen molar-refractivity contribution in [1.29, 1.82) is 0 Å². The standard InChI is InChI=1S/C29H35N7O2/c1-35(2)12-11-31-29(37)32-16-21-13-23(14-21)36-17-25(26-27(30)33-19-34-28(26)36)22-9-6-10-24(15-22)38-18-20-7-4-3-5-8-20/h3-10,15,17,19,21,23H,11-14,16,18H2,1-2H3,(H2,30,33,34)(H2,31,32,37)/t21-,23+. The predicted molar refractivity (Wildman–Crippen MR) is 150 cm³/mol. The van der Waals surface area contributed by atoms with Crippen LogP contribution in [0.1, 0.15) is 24.4 Å². The number of ether oxygens (including phenoxy) is 1. The summed E-state index contributed by atoms with van der Waals surface area (Å²) in [6.07, 6.45) is 5.58. The molecule has 2 heterocycles. The lowest BCUT2D eigenvalue weighted by Gasteiger charge is -2.36. The summed E-state index contributed by atoms with van der Waals surface area (Å²) in [5.74, 6) is 1.68. The molecule has 198 valence electrons. The van der Waals surface area contributed by atoms with Crippen LogP contribution >= 0.6 is 0 Å². The van der Waals surface area contributed by atoms with Crippen LogP contribution in [0.3, 0.4) is 0 Å². The highest BCUT2D eigenvalue weighted by Crippen LogP contribution is 2.42. The van der Waals surface area contributed by atoms with Crippen molar-refractivity contribution < 1.29 is 9.53 Å². The number of nitrogens with zero attached hydrogens (tertiary/aromatic N) is 4. The van der Waals surface area contributed by atoms with E-state index in [1.165, 1.54) is 6.33 Å². The van der Waals surface area contributed by atoms with E-state index in [0.717, 1.165) is 52.9 Å². The van der Waals surface area contributed by atoms with E-state index in [-0.39, 0.29) is 6.03 Å². The van der Waals surface area contributed by atoms with E-state index in [1.54, 1.807) is 0 Å². The first-order valence-electron chi connectivity index (χ1n) is 13.0. The van der Waals surface area contributed by atoms with E-state index in [0.29, 0.717) is 37.5 Å². The lowest BCUT2D eigenvalue weighted by molar-refractivity contribution is 0.192. The number of urea groups is 1. The molecule has 0 radical (unpaired) electrons. The lowest BCUT2D eigenvalue weighted by atomic mass is 9.80. The summed E-state index contributed by atoms with van der Waals surface area (Å²) in [5, 5.41) is 6.75. The number of amides is 2. The van der Waals surface area contributed by atoms with Gasteiger partial charge in [0.1, 0.15) is 30.1 Å². The first kappa shape index (κ1) is 25.5. The fourth-order valence-corrected chi connectivity index (χ4v) is 4.89. The normalized spacial score (nSPS) is 16.8. The van der Waals surface area contributed by atoms with Gasteiger partial charge in [0, 0.05) is 37.4 Å². The zero-order valence-corrected chi connectivity index (χ0v) is 21.9. The molecule has 2 aromatic carbocycles. The average molecular weight is 514 g/mol. The second-order valence-electron chi connectivity index (χ2n) is 10.1. The zero-order valence-electron chi connectivity index (χ0n) is 21.9. The highest BCUT2D eigenvalue weighted by atomic mass is 16.5. The van der Waals surface area contributed by atoms with Gasteiger partial charge >= 0.3 is 6.03 Å². The molecule has 1 aliphatic carbocycles. The molecule has 38 heavy (non-hydrogen) atoms. The van der Waals surface area contributed by atoms with E-state index >= 15 is 0 Å². The monoisotopic (exact) mass is 513 g/mol. The van der Waals surface area contributed by atoms with Crippen molar-refractivity contribution in [2.24, 2.45) is 5.92 Å². The van der Waals surface area contributed by atoms with Crippen LogP contribution in [0.5, 0.6) is 5.75 Å². The van der Waals surface area contributed by atoms with E-state index in [9.17, 15) is 4.79 Å². The number of nitrogens with one attached hydrogen (secondary N) is 2. The van der Waals surface area contributed by atoms with Gasteiger partial charge in [0.2, 0.25) is 0 Å². The Hall–Kier alpha value is -4.11. The molecule has 9 heteroatoms. The molecular weight excluding hydrogens is 478 g/mol. The van der Waals surface area contributed by atoms with Gasteiger partial charge in [-0.3, -0.25) is 0 Å². The molecule has 1 fully saturated rings. The largest absolute Gasteiger partial charge is 0.489 e. The van der Waals surface area contributed by atoms with Crippen LogP contribution < -0.4 is 21.1 Å². The minimum absolute atomic E-state index is 0.112. The highest BCUT2D eigenvalue weighted by molar-refractivity contribution is 6.00. The molecule has 4 aromatic rings. The number of anilines is 1. The quantitative estimate of drug-likeness (QED) is 0.295. The lowest BCUT2D eigenvalue weighted by Crippen LogP contribution is -2.43. The molecule has 5 rings (SSSR count). The van der Waals surface area contributed by atoms with Gasteiger partial charge in [-0.25, -0.2) is 14.8 Å². The second kappa shape index (κ2) is 11.5. The number of likely N-dealkylation sites (N-methyl/N-ethyl adjacent to an activating group) is 1. The summed E-state index contributed by atoms with van der Waals surface area (Å²) in [4.78, 5) is 23.0. The Morgan fingerprint density at radius 1 is 1.11 bits per heavy atom. The molecule has 1 saturated carbocycles. The van der Waals surface area contributed by atoms with Crippen LogP contribution in [0, 0.1) is 5.92 Å². The van der Waals surface area contributed by atoms with Gasteiger partial charge in [-0.15, -0.1) is 0 Å². The van der Waals surface area contributed by atoms with E-state index < -0.39 is 0 Å². The Morgan fingerprint density at radius 3 is 2.71 bits per heavy atom. The maximum atomic E-state index is 12.1. The third kappa shape index (κ3) is 5.89. The maximum Gasteiger partial charge on any atom is 0.314 e. The fourth-order valence-electron chi connectivity index (χ4n) is 4.89. The number of aromatic nitrogens is 3. The van der Waals surface area contributed by atoms with Gasteiger partial charge in [0.15, 0.2) is 0 Å². The van der Waals surface area contributed by atoms with Crippen LogP contribution in [0.4, 0.5) is 10.6 Å². The second-order valence-corrected chi connectivity index (χ2v) is 10.1. The van der Waals surface area contributed by atoms with Gasteiger partial charge in [-0.05, 0) is 56.1 Å². The summed E-state index contributed by atoms with van der Waals surface area (Å²) >= 11 is 0. The van der Waals surface area contributed by atoms with Crippen molar-refractivity contribution in [2.45, 2.75) is 25.5 Å². The maximum absolute atomic E-state index is 12.1. The third-order valence-electron chi connectivity index (χ3n) is 7.03. The summed E-state index contributed by atoms with van der Waals surface area (Å²) in [7, 11) is 3.97. The van der Waals surface area contributed by atoms with Crippen LogP contribution in [0.2, 0.25) is 0 Å². The number of rotatable bonds is 10. The fraction of sp³-hybridized carbons (Fsp3) is 0.345. The van der Waals surface area contributed by atoms with Crippen molar-refractivity contribution in [3.05, 3.63) is 72.7 Å². The number of carbonyl (C=O) groups excluding carboxylic acids is 1. The Balaban J connectivity index is 1.27. The summed E-state index contributed by atoms with van der Waals surface area (Å²) < 4.78 is 8.28. The van der Waals surface area contributed by atoms with E-state index in [1.807, 2.05) is 55.4 Å². The topological polar surface area (TPSA) is 110 Å². The minimum Gasteiger partial charge on any atom is -0.489 e. The van der Waals surface area contributed by atoms with Crippen LogP contribution in [-0.4, -0.2) is 59.2 Å². The number of fused-ring (bicyclic) bond motifs is 1. The number of hydrogen-bond acceptors (Lipinski definition) is 6. The third-order valence-corrected chi connectivity index (χ3v) is 7.03. The van der Waals surface area contributed by atoms with Crippen molar-refractivity contribution in [3.8, 4) is 16.9 Å². The molecule has 2 amide bonds. The first-order valence-corrected chi connectivity index (χ1v) is 13.0. The number of benzene rings is 2. The summed E-state index contributed by atoms with van der Waals surface area (Å²) in [6.45, 7) is 2.61. The summed E-state index contributed by atoms with van der Waals surface area (Å²) in [5.41, 5.74) is 10.3. The Labute approximate surface area is 223 Å². The van der Waals surface area contributed by atoms with Gasteiger partial charge in [0.05, 0.1) is 5.39 Å². The summed E-state index contributed by atoms with van der Waals surface area (Å²) in [6, 6.07) is 18.4. The molecule has 9 nitrogen and oxygen atoms in total. The van der Waals surface area contributed by atoms with Crippen molar-refractivity contribution >= 4 is 22.9 Å². The molecule has 0 spiro atoms. The zero-order chi connectivity index (χ0) is 26.5. The number of nitrogen functional groups attached to an aromatic ring is 1. The number of nitrogens with two attached hydrogens (primary N) is 1. The van der Waals surface area contributed by atoms with Crippen LogP contribution in [0.25, 0.3) is 22.2 Å². The van der Waals surface area contributed by atoms with Gasteiger partial charge in [-0.2, -0.15) is 0 Å². The molecule has 4 N–H and O–H groups in total. The smallest absolute Gasteiger partial charge is 0.314 e. The van der Waals surface area contributed by atoms with Crippen molar-refractivity contribution in [3.63, 3.8) is 0 Å². The Kier molecular flexibility index (Phi) is 7.74. The van der Waals surface area contributed by atoms with E-state index in [2.05, 4.69) is 49.6 Å². The van der Waals surface area contributed by atoms with Crippen molar-refractivity contribution in [2.75, 3.05) is 39.5 Å². The molecule has 0 unspecified atom stereocenters. The molecule has 1 aliphatic rings. The van der Waals surface area contributed by atoms with E-state index in [4.69, 9.17) is 10.5 Å². The predicted octanol–water partition coefficient (Wildman–Crippen LogP) is 4.07. The highest BCUT2D eigenvalue weighted by Gasteiger charge is 2.32.